The maximum Gasteiger partial charge on any atom is 0.325 e. The molecule has 466 valence electrons. The molecule has 23 heteroatoms. The van der Waals surface area contributed by atoms with E-state index in [1.165, 1.54) is 11.3 Å². The summed E-state index contributed by atoms with van der Waals surface area (Å²) in [4.78, 5) is 78.2. The Morgan fingerprint density at radius 2 is 1.55 bits per heavy atom. The van der Waals surface area contributed by atoms with Crippen LogP contribution in [0.5, 0.6) is 11.5 Å². The van der Waals surface area contributed by atoms with Crippen LogP contribution in [-0.2, 0) is 65.6 Å². The van der Waals surface area contributed by atoms with Crippen LogP contribution in [0.2, 0.25) is 0 Å². The number of anilines is 3. The van der Waals surface area contributed by atoms with Gasteiger partial charge in [0.1, 0.15) is 24.1 Å². The number of likely N-dealkylation sites (N-methyl/N-ethyl adjacent to an activating group) is 2. The van der Waals surface area contributed by atoms with Crippen LogP contribution in [0.1, 0.15) is 72.6 Å². The molecule has 0 spiro atoms. The van der Waals surface area contributed by atoms with Crippen molar-refractivity contribution in [2.75, 3.05) is 129 Å². The molecule has 87 heavy (non-hydrogen) atoms. The minimum Gasteiger partial charge on any atom is -0.494 e. The van der Waals surface area contributed by atoms with Gasteiger partial charge in [-0.3, -0.25) is 24.5 Å². The summed E-state index contributed by atoms with van der Waals surface area (Å²) in [5.41, 5.74) is 6.23. The smallest absolute Gasteiger partial charge is 0.325 e. The molecule has 2 fully saturated rings. The SMILES string of the molecule is C=C/C=C(\C=C)CNC(=O)C(c1ccc2c(c1)NC(=O)CC2)N(C(=O)CCc1ccc(OCCCCN(C)CCOCCOCCc2cn(CCOCCOc3ccc(NC(=O)Nc4nc(CC(=O)N5CCN(C)CC5)cs4)cc3)nn2)cc1)C1CC1. The van der Waals surface area contributed by atoms with E-state index in [2.05, 4.69) is 66.6 Å². The van der Waals surface area contributed by atoms with Crippen molar-refractivity contribution in [3.05, 3.63) is 143 Å². The summed E-state index contributed by atoms with van der Waals surface area (Å²) in [6.07, 6.45) is 13.2. The molecule has 3 aromatic carbocycles. The molecule has 1 saturated heterocycles. The summed E-state index contributed by atoms with van der Waals surface area (Å²) in [6.45, 7) is 17.2. The Morgan fingerprint density at radius 3 is 2.31 bits per heavy atom. The van der Waals surface area contributed by atoms with Crippen molar-refractivity contribution >= 4 is 57.5 Å². The third kappa shape index (κ3) is 21.8. The summed E-state index contributed by atoms with van der Waals surface area (Å²) in [5.74, 6) is 1.02. The largest absolute Gasteiger partial charge is 0.494 e. The molecule has 3 aliphatic rings. The van der Waals surface area contributed by atoms with Crippen molar-refractivity contribution in [2.45, 2.75) is 82.8 Å². The number of aromatic nitrogens is 4. The Bertz CT molecular complexity index is 3070. The van der Waals surface area contributed by atoms with Gasteiger partial charge in [0, 0.05) is 87.5 Å². The number of aryl methyl sites for hydroxylation is 2. The van der Waals surface area contributed by atoms with E-state index in [0.717, 1.165) is 80.0 Å². The fourth-order valence-electron chi connectivity index (χ4n) is 9.89. The first-order chi connectivity index (χ1) is 42.4. The monoisotopic (exact) mass is 1210 g/mol. The summed E-state index contributed by atoms with van der Waals surface area (Å²) in [7, 11) is 4.13. The Balaban J connectivity index is 0.614. The van der Waals surface area contributed by atoms with Crippen LogP contribution < -0.4 is 30.7 Å². The van der Waals surface area contributed by atoms with Crippen LogP contribution in [0.3, 0.4) is 0 Å². The number of nitrogens with one attached hydrogen (secondary N) is 4. The Hall–Kier alpha value is -7.80. The van der Waals surface area contributed by atoms with Crippen molar-refractivity contribution < 1.29 is 47.7 Å². The number of carbonyl (C=O) groups excluding carboxylic acids is 5. The van der Waals surface area contributed by atoms with Crippen molar-refractivity contribution in [1.82, 2.24) is 44.9 Å². The van der Waals surface area contributed by atoms with Crippen molar-refractivity contribution in [2.24, 2.45) is 0 Å². The zero-order valence-electron chi connectivity index (χ0n) is 50.3. The number of benzene rings is 3. The summed E-state index contributed by atoms with van der Waals surface area (Å²) in [6, 6.07) is 19.3. The number of carbonyl (C=O) groups is 5. The van der Waals surface area contributed by atoms with E-state index in [4.69, 9.17) is 23.7 Å². The highest BCUT2D eigenvalue weighted by atomic mass is 32.1. The first-order valence-electron chi connectivity index (χ1n) is 30.1. The fourth-order valence-corrected chi connectivity index (χ4v) is 10.6. The van der Waals surface area contributed by atoms with Gasteiger partial charge in [0.15, 0.2) is 5.13 Å². The van der Waals surface area contributed by atoms with Crippen molar-refractivity contribution in [3.8, 4) is 11.5 Å². The van der Waals surface area contributed by atoms with Gasteiger partial charge in [0.05, 0.1) is 70.6 Å². The lowest BCUT2D eigenvalue weighted by Crippen LogP contribution is -2.47. The van der Waals surface area contributed by atoms with E-state index < -0.39 is 12.1 Å². The van der Waals surface area contributed by atoms with Gasteiger partial charge < -0.3 is 59.2 Å². The molecule has 1 aliphatic carbocycles. The van der Waals surface area contributed by atoms with Crippen LogP contribution >= 0.6 is 11.3 Å². The van der Waals surface area contributed by atoms with Gasteiger partial charge >= 0.3 is 6.03 Å². The summed E-state index contributed by atoms with van der Waals surface area (Å²) < 4.78 is 31.0. The lowest BCUT2D eigenvalue weighted by molar-refractivity contribution is -0.141. The molecule has 5 aromatic rings. The minimum atomic E-state index is -0.862. The van der Waals surface area contributed by atoms with Gasteiger partial charge in [-0.1, -0.05) is 60.9 Å². The van der Waals surface area contributed by atoms with Gasteiger partial charge in [-0.15, -0.1) is 16.4 Å². The van der Waals surface area contributed by atoms with Gasteiger partial charge in [-0.05, 0) is 124 Å². The highest BCUT2D eigenvalue weighted by Gasteiger charge is 2.41. The second-order valence-corrected chi connectivity index (χ2v) is 22.7. The van der Waals surface area contributed by atoms with E-state index >= 15 is 0 Å². The Kier molecular flexibility index (Phi) is 25.9. The number of hydrogen-bond acceptors (Lipinski definition) is 16. The topological polar surface area (TPSA) is 236 Å². The highest BCUT2D eigenvalue weighted by molar-refractivity contribution is 7.14. The lowest BCUT2D eigenvalue weighted by atomic mass is 9.96. The predicted molar refractivity (Wildman–Crippen MR) is 335 cm³/mol. The third-order valence-electron chi connectivity index (χ3n) is 15.0. The molecule has 0 bridgehead atoms. The second kappa shape index (κ2) is 34.5. The predicted octanol–water partition coefficient (Wildman–Crippen LogP) is 7.12. The van der Waals surface area contributed by atoms with E-state index in [-0.39, 0.29) is 49.1 Å². The quantitative estimate of drug-likeness (QED) is 0.0229. The summed E-state index contributed by atoms with van der Waals surface area (Å²) >= 11 is 1.28. The summed E-state index contributed by atoms with van der Waals surface area (Å²) in [5, 5.41) is 22.2. The minimum absolute atomic E-state index is 0.0446. The molecule has 1 unspecified atom stereocenters. The normalized spacial score (nSPS) is 14.6. The Labute approximate surface area is 514 Å². The van der Waals surface area contributed by atoms with Crippen LogP contribution in [0.25, 0.3) is 0 Å². The molecule has 1 atom stereocenters. The van der Waals surface area contributed by atoms with E-state index in [1.54, 1.807) is 57.5 Å². The van der Waals surface area contributed by atoms with E-state index in [0.29, 0.717) is 132 Å². The van der Waals surface area contributed by atoms with Gasteiger partial charge in [0.25, 0.3) is 0 Å². The maximum atomic E-state index is 14.1. The molecule has 4 N–H and O–H groups in total. The molecule has 22 nitrogen and oxygen atoms in total. The number of nitrogens with zero attached hydrogens (tertiary/aromatic N) is 8. The number of amides is 6. The molecular weight excluding hydrogens is 1130 g/mol. The first kappa shape index (κ1) is 65.2. The number of fused-ring (bicyclic) bond motifs is 1. The number of thiazole rings is 1. The van der Waals surface area contributed by atoms with Crippen molar-refractivity contribution in [3.63, 3.8) is 0 Å². The number of allylic oxidation sites excluding steroid dienone is 2. The second-order valence-electron chi connectivity index (χ2n) is 21.8. The number of unbranched alkanes of at least 4 members (excludes halogenated alkanes) is 1. The van der Waals surface area contributed by atoms with Crippen LogP contribution in [0, 0.1) is 0 Å². The van der Waals surface area contributed by atoms with Crippen LogP contribution in [-0.4, -0.2) is 188 Å². The molecule has 8 rings (SSSR count). The van der Waals surface area contributed by atoms with Crippen LogP contribution in [0.4, 0.5) is 21.3 Å². The molecule has 1 saturated carbocycles. The molecule has 6 amide bonds. The van der Waals surface area contributed by atoms with E-state index in [1.807, 2.05) is 60.6 Å². The number of urea groups is 1. The zero-order chi connectivity index (χ0) is 61.2. The average Bonchev–Trinajstić information content (AvgIpc) is 2.19. The number of rotatable bonds is 37. The molecule has 4 heterocycles. The Morgan fingerprint density at radius 1 is 0.816 bits per heavy atom. The van der Waals surface area contributed by atoms with Gasteiger partial charge in [-0.2, -0.15) is 0 Å². The molecular formula is C64H84N12O10S. The van der Waals surface area contributed by atoms with Crippen LogP contribution in [0.15, 0.2) is 115 Å². The highest BCUT2D eigenvalue weighted by Crippen LogP contribution is 2.38. The van der Waals surface area contributed by atoms with Crippen molar-refractivity contribution in [1.29, 1.82) is 0 Å². The molecule has 2 aromatic heterocycles. The van der Waals surface area contributed by atoms with E-state index in [9.17, 15) is 24.0 Å². The number of hydrogen-bond donors (Lipinski definition) is 4. The molecule has 0 radical (unpaired) electrons. The standard InChI is InChI=1S/C64H84N12O10S/c1-5-9-47(6-2)44-65-62(80)61(50-14-13-49-15-24-58(77)68-57(49)42-50)76(54-18-19-54)59(78)25-12-48-10-20-55(21-11-48)85-34-8-7-27-72(3)32-36-83-39-38-82-35-26-52-45-75(71-70-52)33-37-84-40-41-86-56-22-16-51(17-23-56)66-63(81)69-64-67-53(46-87-64)43-60(79)74-30-28-73(4)29-31-74/h5-6,9-11,13-14,16-17,20-23,42,45-46,54,61H,1-2,7-8,12,15,18-19,24-41,43-44H2,3-4H3,(H,65,80)(H,68,77)(H2,66,67,69,81)/b47-9+. The van der Waals surface area contributed by atoms with Gasteiger partial charge in [0.2, 0.25) is 23.6 Å². The molecule has 2 aliphatic heterocycles. The zero-order valence-corrected chi connectivity index (χ0v) is 51.1. The average molecular weight is 1210 g/mol. The fraction of sp³-hybridized carbons (Fsp3) is 0.469. The first-order valence-corrected chi connectivity index (χ1v) is 31.0. The number of ether oxygens (including phenoxy) is 5. The maximum absolute atomic E-state index is 14.1. The lowest BCUT2D eigenvalue weighted by Gasteiger charge is -2.32. The number of piperazine rings is 1. The third-order valence-corrected chi connectivity index (χ3v) is 15.8. The van der Waals surface area contributed by atoms with Gasteiger partial charge in [-0.25, -0.2) is 14.5 Å².